The predicted molar refractivity (Wildman–Crippen MR) is 79.2 cm³/mol. The van der Waals surface area contributed by atoms with Crippen LogP contribution in [-0.2, 0) is 14.6 Å². The Labute approximate surface area is 118 Å². The standard InChI is InChI=1S/C13H19N3O3S/c1-10-9-20(18,19)6-5-16(10)8-13(17)15-12-4-2-3-11(14)7-12/h2-4,7,10H,5-6,8-9,14H2,1H3,(H,15,17). The van der Waals surface area contributed by atoms with Gasteiger partial charge < -0.3 is 11.1 Å². The highest BCUT2D eigenvalue weighted by Gasteiger charge is 2.29. The highest BCUT2D eigenvalue weighted by atomic mass is 32.2. The molecule has 7 heteroatoms. The number of hydrogen-bond acceptors (Lipinski definition) is 5. The molecule has 0 aromatic heterocycles. The number of nitrogens with zero attached hydrogens (tertiary/aromatic N) is 1. The van der Waals surface area contributed by atoms with Gasteiger partial charge in [0.1, 0.15) is 0 Å². The van der Waals surface area contributed by atoms with Gasteiger partial charge in [0.2, 0.25) is 5.91 Å². The van der Waals surface area contributed by atoms with Crippen molar-refractivity contribution < 1.29 is 13.2 Å². The molecule has 0 spiro atoms. The molecule has 2 rings (SSSR count). The minimum absolute atomic E-state index is 0.110. The molecule has 1 aliphatic rings. The summed E-state index contributed by atoms with van der Waals surface area (Å²) in [6.07, 6.45) is 0. The first-order valence-corrected chi connectivity index (χ1v) is 8.28. The number of benzene rings is 1. The van der Waals surface area contributed by atoms with Crippen molar-refractivity contribution in [1.29, 1.82) is 0 Å². The largest absolute Gasteiger partial charge is 0.399 e. The average Bonchev–Trinajstić information content (AvgIpc) is 2.32. The summed E-state index contributed by atoms with van der Waals surface area (Å²) in [6.45, 7) is 2.41. The zero-order valence-corrected chi connectivity index (χ0v) is 12.2. The van der Waals surface area contributed by atoms with E-state index in [1.165, 1.54) is 0 Å². The molecule has 1 fully saturated rings. The Morgan fingerprint density at radius 2 is 2.25 bits per heavy atom. The summed E-state index contributed by atoms with van der Waals surface area (Å²) in [5.74, 6) is 0.0586. The predicted octanol–water partition coefficient (Wildman–Crippen LogP) is 0.326. The van der Waals surface area contributed by atoms with Crippen molar-refractivity contribution in [3.8, 4) is 0 Å². The van der Waals surface area contributed by atoms with E-state index in [0.717, 1.165) is 0 Å². The van der Waals surface area contributed by atoms with Crippen molar-refractivity contribution in [3.05, 3.63) is 24.3 Å². The monoisotopic (exact) mass is 297 g/mol. The molecule has 1 aromatic carbocycles. The van der Waals surface area contributed by atoms with Crippen LogP contribution in [0.2, 0.25) is 0 Å². The minimum atomic E-state index is -2.96. The van der Waals surface area contributed by atoms with Crippen LogP contribution in [0, 0.1) is 0 Å². The van der Waals surface area contributed by atoms with Crippen molar-refractivity contribution in [2.45, 2.75) is 13.0 Å². The van der Waals surface area contributed by atoms with E-state index in [4.69, 9.17) is 5.73 Å². The third kappa shape index (κ3) is 3.94. The first-order valence-electron chi connectivity index (χ1n) is 6.45. The second-order valence-corrected chi connectivity index (χ2v) is 7.34. The van der Waals surface area contributed by atoms with Gasteiger partial charge in [0.05, 0.1) is 18.1 Å². The molecule has 1 heterocycles. The minimum Gasteiger partial charge on any atom is -0.399 e. The van der Waals surface area contributed by atoms with E-state index in [2.05, 4.69) is 5.32 Å². The molecular formula is C13H19N3O3S. The highest BCUT2D eigenvalue weighted by Crippen LogP contribution is 2.14. The summed E-state index contributed by atoms with van der Waals surface area (Å²) in [6, 6.07) is 6.81. The second-order valence-electron chi connectivity index (χ2n) is 5.11. The molecule has 0 saturated carbocycles. The molecule has 0 bridgehead atoms. The molecule has 1 atom stereocenters. The number of carbonyl (C=O) groups is 1. The second kappa shape index (κ2) is 5.80. The van der Waals surface area contributed by atoms with Crippen LogP contribution in [0.3, 0.4) is 0 Å². The Balaban J connectivity index is 1.92. The number of amides is 1. The number of nitrogen functional groups attached to an aromatic ring is 1. The normalized spacial score (nSPS) is 22.4. The van der Waals surface area contributed by atoms with Crippen LogP contribution in [0.1, 0.15) is 6.92 Å². The van der Waals surface area contributed by atoms with Gasteiger partial charge in [-0.2, -0.15) is 0 Å². The molecule has 3 N–H and O–H groups in total. The molecular weight excluding hydrogens is 278 g/mol. The maximum absolute atomic E-state index is 12.0. The van der Waals surface area contributed by atoms with E-state index in [-0.39, 0.29) is 30.0 Å². The Morgan fingerprint density at radius 3 is 2.90 bits per heavy atom. The molecule has 1 unspecified atom stereocenters. The molecule has 110 valence electrons. The number of rotatable bonds is 3. The van der Waals surface area contributed by atoms with Gasteiger partial charge in [-0.1, -0.05) is 6.07 Å². The van der Waals surface area contributed by atoms with E-state index < -0.39 is 9.84 Å². The van der Waals surface area contributed by atoms with Crippen molar-refractivity contribution in [2.75, 3.05) is 35.6 Å². The van der Waals surface area contributed by atoms with Crippen LogP contribution in [0.4, 0.5) is 11.4 Å². The average molecular weight is 297 g/mol. The summed E-state index contributed by atoms with van der Waals surface area (Å²) in [5, 5.41) is 2.76. The van der Waals surface area contributed by atoms with Gasteiger partial charge in [-0.05, 0) is 25.1 Å². The lowest BCUT2D eigenvalue weighted by Crippen LogP contribution is -2.49. The smallest absolute Gasteiger partial charge is 0.238 e. The summed E-state index contributed by atoms with van der Waals surface area (Å²) >= 11 is 0. The summed E-state index contributed by atoms with van der Waals surface area (Å²) < 4.78 is 23.0. The topological polar surface area (TPSA) is 92.5 Å². The Hall–Kier alpha value is -1.60. The molecule has 20 heavy (non-hydrogen) atoms. The summed E-state index contributed by atoms with van der Waals surface area (Å²) in [5.41, 5.74) is 6.87. The third-order valence-corrected chi connectivity index (χ3v) is 5.12. The van der Waals surface area contributed by atoms with Gasteiger partial charge in [-0.25, -0.2) is 8.42 Å². The van der Waals surface area contributed by atoms with Gasteiger partial charge in [0, 0.05) is 24.0 Å². The molecule has 6 nitrogen and oxygen atoms in total. The van der Waals surface area contributed by atoms with Crippen LogP contribution in [0.5, 0.6) is 0 Å². The third-order valence-electron chi connectivity index (χ3n) is 3.33. The number of nitrogens with one attached hydrogen (secondary N) is 1. The van der Waals surface area contributed by atoms with Gasteiger partial charge >= 0.3 is 0 Å². The van der Waals surface area contributed by atoms with E-state index in [9.17, 15) is 13.2 Å². The first-order chi connectivity index (χ1) is 9.35. The molecule has 0 aliphatic carbocycles. The highest BCUT2D eigenvalue weighted by molar-refractivity contribution is 7.91. The summed E-state index contributed by atoms with van der Waals surface area (Å²) in [7, 11) is -2.96. The molecule has 1 saturated heterocycles. The zero-order valence-electron chi connectivity index (χ0n) is 11.4. The Kier molecular flexibility index (Phi) is 4.29. The molecule has 1 aliphatic heterocycles. The van der Waals surface area contributed by atoms with Crippen LogP contribution in [-0.4, -0.2) is 49.9 Å². The van der Waals surface area contributed by atoms with Crippen LogP contribution >= 0.6 is 0 Å². The molecule has 0 radical (unpaired) electrons. The lowest BCUT2D eigenvalue weighted by molar-refractivity contribution is -0.117. The molecule has 1 amide bonds. The van der Waals surface area contributed by atoms with Crippen molar-refractivity contribution >= 4 is 27.1 Å². The zero-order chi connectivity index (χ0) is 14.8. The van der Waals surface area contributed by atoms with Gasteiger partial charge in [-0.15, -0.1) is 0 Å². The first kappa shape index (κ1) is 14.8. The van der Waals surface area contributed by atoms with E-state index >= 15 is 0 Å². The van der Waals surface area contributed by atoms with Crippen molar-refractivity contribution in [2.24, 2.45) is 0 Å². The fourth-order valence-corrected chi connectivity index (χ4v) is 3.89. The van der Waals surface area contributed by atoms with Crippen LogP contribution in [0.15, 0.2) is 24.3 Å². The van der Waals surface area contributed by atoms with Crippen molar-refractivity contribution in [1.82, 2.24) is 4.90 Å². The maximum atomic E-state index is 12.0. The fraction of sp³-hybridized carbons (Fsp3) is 0.462. The van der Waals surface area contributed by atoms with Gasteiger partial charge in [0.15, 0.2) is 9.84 Å². The number of hydrogen-bond donors (Lipinski definition) is 2. The SMILES string of the molecule is CC1CS(=O)(=O)CCN1CC(=O)Nc1cccc(N)c1. The summed E-state index contributed by atoms with van der Waals surface area (Å²) in [4.78, 5) is 13.8. The number of carbonyl (C=O) groups excluding carboxylic acids is 1. The number of nitrogens with two attached hydrogens (primary N) is 1. The van der Waals surface area contributed by atoms with E-state index in [1.807, 2.05) is 11.8 Å². The number of sulfone groups is 1. The molecule has 1 aromatic rings. The van der Waals surface area contributed by atoms with Gasteiger partial charge in [0.25, 0.3) is 0 Å². The maximum Gasteiger partial charge on any atom is 0.238 e. The fourth-order valence-electron chi connectivity index (χ4n) is 2.27. The quantitative estimate of drug-likeness (QED) is 0.784. The Morgan fingerprint density at radius 1 is 1.50 bits per heavy atom. The van der Waals surface area contributed by atoms with Crippen LogP contribution in [0.25, 0.3) is 0 Å². The lowest BCUT2D eigenvalue weighted by Gasteiger charge is -2.32. The van der Waals surface area contributed by atoms with Crippen molar-refractivity contribution in [3.63, 3.8) is 0 Å². The number of anilines is 2. The van der Waals surface area contributed by atoms with E-state index in [1.54, 1.807) is 24.3 Å². The lowest BCUT2D eigenvalue weighted by atomic mass is 10.2. The van der Waals surface area contributed by atoms with Gasteiger partial charge in [-0.3, -0.25) is 9.69 Å². The Bertz CT molecular complexity index is 601. The van der Waals surface area contributed by atoms with E-state index in [0.29, 0.717) is 17.9 Å². The van der Waals surface area contributed by atoms with Crippen LogP contribution < -0.4 is 11.1 Å².